The molecule has 4 nitrogen and oxygen atoms in total. The van der Waals surface area contributed by atoms with Crippen LogP contribution in [0.1, 0.15) is 17.3 Å². The lowest BCUT2D eigenvalue weighted by atomic mass is 10.2. The van der Waals surface area contributed by atoms with Crippen LogP contribution in [0.5, 0.6) is 0 Å². The minimum Gasteiger partial charge on any atom is -0.452 e. The highest BCUT2D eigenvalue weighted by atomic mass is 32.2. The fraction of sp³-hybridized carbons (Fsp3) is 0.176. The topological polar surface area (TPSA) is 55.4 Å². The Morgan fingerprint density at radius 1 is 1.12 bits per heavy atom. The Balaban J connectivity index is 1.94. The Kier molecular flexibility index (Phi) is 6.31. The number of anilines is 1. The standard InChI is InChI=1S/C17H15F2NO3S/c1-2-24-15-6-4-3-5-12(15)17(22)23-10-16(21)20-11-7-8-13(18)14(19)9-11/h3-9H,2,10H2,1H3,(H,20,21). The number of hydrogen-bond donors (Lipinski definition) is 1. The van der Waals surface area contributed by atoms with E-state index < -0.39 is 30.1 Å². The maximum absolute atomic E-state index is 13.1. The zero-order valence-corrected chi connectivity index (χ0v) is 13.7. The molecule has 7 heteroatoms. The molecule has 1 N–H and O–H groups in total. The summed E-state index contributed by atoms with van der Waals surface area (Å²) in [5.41, 5.74) is 0.460. The number of amides is 1. The van der Waals surface area contributed by atoms with E-state index in [1.165, 1.54) is 17.8 Å². The van der Waals surface area contributed by atoms with Crippen molar-refractivity contribution >= 4 is 29.3 Å². The second-order valence-corrected chi connectivity index (χ2v) is 5.99. The van der Waals surface area contributed by atoms with Crippen LogP contribution in [0.2, 0.25) is 0 Å². The van der Waals surface area contributed by atoms with Gasteiger partial charge in [-0.15, -0.1) is 11.8 Å². The Labute approximate surface area is 142 Å². The number of esters is 1. The van der Waals surface area contributed by atoms with Gasteiger partial charge in [-0.2, -0.15) is 0 Å². The zero-order valence-electron chi connectivity index (χ0n) is 12.8. The first-order valence-corrected chi connectivity index (χ1v) is 8.13. The molecule has 0 saturated carbocycles. The van der Waals surface area contributed by atoms with E-state index in [-0.39, 0.29) is 5.69 Å². The number of thioether (sulfide) groups is 1. The van der Waals surface area contributed by atoms with Crippen LogP contribution in [0.15, 0.2) is 47.4 Å². The van der Waals surface area contributed by atoms with Crippen LogP contribution < -0.4 is 5.32 Å². The van der Waals surface area contributed by atoms with Crippen molar-refractivity contribution in [2.45, 2.75) is 11.8 Å². The van der Waals surface area contributed by atoms with Crippen LogP contribution in [0, 0.1) is 11.6 Å². The second-order valence-electron chi connectivity index (χ2n) is 4.68. The van der Waals surface area contributed by atoms with Gasteiger partial charge in [0.25, 0.3) is 5.91 Å². The monoisotopic (exact) mass is 351 g/mol. The molecule has 2 aromatic carbocycles. The SMILES string of the molecule is CCSc1ccccc1C(=O)OCC(=O)Nc1ccc(F)c(F)c1. The molecule has 0 bridgehead atoms. The minimum atomic E-state index is -1.07. The van der Waals surface area contributed by atoms with E-state index in [9.17, 15) is 18.4 Å². The van der Waals surface area contributed by atoms with Crippen molar-refractivity contribution in [1.29, 1.82) is 0 Å². The van der Waals surface area contributed by atoms with Gasteiger partial charge in [0.1, 0.15) is 0 Å². The van der Waals surface area contributed by atoms with Crippen LogP contribution in [0.4, 0.5) is 14.5 Å². The summed E-state index contributed by atoms with van der Waals surface area (Å²) in [6, 6.07) is 9.89. The van der Waals surface area contributed by atoms with Gasteiger partial charge in [-0.3, -0.25) is 4.79 Å². The van der Waals surface area contributed by atoms with Gasteiger partial charge in [0.15, 0.2) is 18.2 Å². The van der Waals surface area contributed by atoms with Crippen molar-refractivity contribution in [3.05, 3.63) is 59.7 Å². The van der Waals surface area contributed by atoms with E-state index in [1.807, 2.05) is 13.0 Å². The molecule has 0 radical (unpaired) electrons. The Morgan fingerprint density at radius 3 is 2.58 bits per heavy atom. The summed E-state index contributed by atoms with van der Waals surface area (Å²) >= 11 is 1.49. The molecular weight excluding hydrogens is 336 g/mol. The third-order valence-corrected chi connectivity index (χ3v) is 3.90. The first kappa shape index (κ1) is 17.9. The quantitative estimate of drug-likeness (QED) is 0.634. The van der Waals surface area contributed by atoms with Crippen LogP contribution >= 0.6 is 11.8 Å². The maximum Gasteiger partial charge on any atom is 0.339 e. The van der Waals surface area contributed by atoms with Gasteiger partial charge in [0, 0.05) is 16.6 Å². The van der Waals surface area contributed by atoms with Crippen LogP contribution in [0.25, 0.3) is 0 Å². The second kappa shape index (κ2) is 8.44. The molecular formula is C17H15F2NO3S. The summed E-state index contributed by atoms with van der Waals surface area (Å²) in [7, 11) is 0. The minimum absolute atomic E-state index is 0.0805. The van der Waals surface area contributed by atoms with Crippen LogP contribution in [0.3, 0.4) is 0 Å². The van der Waals surface area contributed by atoms with Gasteiger partial charge in [-0.25, -0.2) is 13.6 Å². The van der Waals surface area contributed by atoms with E-state index >= 15 is 0 Å². The summed E-state index contributed by atoms with van der Waals surface area (Å²) in [5.74, 6) is -2.55. The predicted octanol–water partition coefficient (Wildman–Crippen LogP) is 3.87. The zero-order chi connectivity index (χ0) is 17.5. The van der Waals surface area contributed by atoms with Gasteiger partial charge in [0.05, 0.1) is 5.56 Å². The molecule has 0 unspecified atom stereocenters. The molecule has 0 fully saturated rings. The molecule has 0 aliphatic carbocycles. The molecule has 24 heavy (non-hydrogen) atoms. The number of rotatable bonds is 6. The lowest BCUT2D eigenvalue weighted by Crippen LogP contribution is -2.21. The number of ether oxygens (including phenoxy) is 1. The first-order valence-electron chi connectivity index (χ1n) is 7.15. The molecule has 0 saturated heterocycles. The molecule has 126 valence electrons. The Bertz CT molecular complexity index is 752. The normalized spacial score (nSPS) is 10.3. The summed E-state index contributed by atoms with van der Waals surface area (Å²) in [5, 5.41) is 2.33. The third-order valence-electron chi connectivity index (χ3n) is 2.94. The number of hydrogen-bond acceptors (Lipinski definition) is 4. The largest absolute Gasteiger partial charge is 0.452 e. The van der Waals surface area contributed by atoms with E-state index in [1.54, 1.807) is 18.2 Å². The third kappa shape index (κ3) is 4.79. The van der Waals surface area contributed by atoms with E-state index in [0.717, 1.165) is 22.8 Å². The highest BCUT2D eigenvalue weighted by molar-refractivity contribution is 7.99. The van der Waals surface area contributed by atoms with Crippen LogP contribution in [-0.2, 0) is 9.53 Å². The molecule has 2 rings (SSSR count). The molecule has 0 aromatic heterocycles. The number of benzene rings is 2. The molecule has 0 atom stereocenters. The van der Waals surface area contributed by atoms with Gasteiger partial charge in [-0.05, 0) is 30.0 Å². The number of carbonyl (C=O) groups excluding carboxylic acids is 2. The van der Waals surface area contributed by atoms with E-state index in [4.69, 9.17) is 4.74 Å². The van der Waals surface area contributed by atoms with E-state index in [2.05, 4.69) is 5.32 Å². The summed E-state index contributed by atoms with van der Waals surface area (Å²) in [6.07, 6.45) is 0. The Morgan fingerprint density at radius 2 is 1.88 bits per heavy atom. The molecule has 0 aliphatic heterocycles. The van der Waals surface area contributed by atoms with E-state index in [0.29, 0.717) is 5.56 Å². The fourth-order valence-corrected chi connectivity index (χ4v) is 2.69. The van der Waals surface area contributed by atoms with Crippen molar-refractivity contribution in [1.82, 2.24) is 0 Å². The molecule has 2 aromatic rings. The van der Waals surface area contributed by atoms with Crippen molar-refractivity contribution < 1.29 is 23.1 Å². The molecule has 0 aliphatic rings. The predicted molar refractivity (Wildman–Crippen MR) is 88.1 cm³/mol. The highest BCUT2D eigenvalue weighted by Gasteiger charge is 2.14. The van der Waals surface area contributed by atoms with Crippen molar-refractivity contribution in [3.63, 3.8) is 0 Å². The highest BCUT2D eigenvalue weighted by Crippen LogP contribution is 2.22. The van der Waals surface area contributed by atoms with Crippen molar-refractivity contribution in [2.75, 3.05) is 17.7 Å². The smallest absolute Gasteiger partial charge is 0.339 e. The summed E-state index contributed by atoms with van der Waals surface area (Å²) in [6.45, 7) is 1.44. The van der Waals surface area contributed by atoms with Crippen LogP contribution in [-0.4, -0.2) is 24.2 Å². The first-order chi connectivity index (χ1) is 11.5. The van der Waals surface area contributed by atoms with Gasteiger partial charge >= 0.3 is 5.97 Å². The maximum atomic E-state index is 13.1. The number of halogens is 2. The van der Waals surface area contributed by atoms with Crippen molar-refractivity contribution in [2.24, 2.45) is 0 Å². The average molecular weight is 351 g/mol. The van der Waals surface area contributed by atoms with Gasteiger partial charge < -0.3 is 10.1 Å². The number of carbonyl (C=O) groups is 2. The summed E-state index contributed by atoms with van der Waals surface area (Å²) in [4.78, 5) is 24.6. The lowest BCUT2D eigenvalue weighted by Gasteiger charge is -2.09. The molecule has 0 spiro atoms. The van der Waals surface area contributed by atoms with Gasteiger partial charge in [-0.1, -0.05) is 19.1 Å². The van der Waals surface area contributed by atoms with Gasteiger partial charge in [0.2, 0.25) is 0 Å². The fourth-order valence-electron chi connectivity index (χ4n) is 1.90. The lowest BCUT2D eigenvalue weighted by molar-refractivity contribution is -0.119. The number of nitrogens with one attached hydrogen (secondary N) is 1. The summed E-state index contributed by atoms with van der Waals surface area (Å²) < 4.78 is 30.9. The van der Waals surface area contributed by atoms with Crippen molar-refractivity contribution in [3.8, 4) is 0 Å². The molecule has 1 amide bonds. The average Bonchev–Trinajstić information content (AvgIpc) is 2.57. The molecule has 0 heterocycles. The Hall–Kier alpha value is -2.41.